The van der Waals surface area contributed by atoms with Gasteiger partial charge in [-0.05, 0) is 54.1 Å². The number of urea groups is 1. The fraction of sp³-hybridized carbons (Fsp3) is 0.417. The predicted molar refractivity (Wildman–Crippen MR) is 77.4 cm³/mol. The van der Waals surface area contributed by atoms with Gasteiger partial charge in [-0.25, -0.2) is 4.79 Å². The minimum atomic E-state index is -0.199. The second-order valence-corrected chi connectivity index (χ2v) is 4.65. The summed E-state index contributed by atoms with van der Waals surface area (Å²) in [6.45, 7) is 5.63. The molecule has 0 bridgehead atoms. The van der Waals surface area contributed by atoms with Gasteiger partial charge in [0.1, 0.15) is 0 Å². The van der Waals surface area contributed by atoms with Gasteiger partial charge < -0.3 is 15.4 Å². The second kappa shape index (κ2) is 7.50. The topological polar surface area (TPSA) is 50.4 Å². The first-order valence-electron chi connectivity index (χ1n) is 5.53. The fourth-order valence-electron chi connectivity index (χ4n) is 1.29. The SMILES string of the molecule is CCOCCNC(=O)Nc1cccc(I)c1C. The van der Waals surface area contributed by atoms with Gasteiger partial charge in [0.05, 0.1) is 6.61 Å². The second-order valence-electron chi connectivity index (χ2n) is 3.49. The molecule has 0 aliphatic rings. The number of halogens is 1. The maximum absolute atomic E-state index is 11.6. The first kappa shape index (κ1) is 14.2. The van der Waals surface area contributed by atoms with E-state index in [1.165, 1.54) is 0 Å². The van der Waals surface area contributed by atoms with Crippen molar-refractivity contribution in [2.45, 2.75) is 13.8 Å². The number of ether oxygens (including phenoxy) is 1. The zero-order valence-electron chi connectivity index (χ0n) is 10.0. The number of benzene rings is 1. The summed E-state index contributed by atoms with van der Waals surface area (Å²) in [5, 5.41) is 5.55. The zero-order valence-corrected chi connectivity index (χ0v) is 12.2. The average Bonchev–Trinajstić information content (AvgIpc) is 2.31. The molecule has 0 atom stereocenters. The van der Waals surface area contributed by atoms with E-state index in [2.05, 4.69) is 33.2 Å². The average molecular weight is 348 g/mol. The number of hydrogen-bond acceptors (Lipinski definition) is 2. The van der Waals surface area contributed by atoms with Crippen molar-refractivity contribution in [1.82, 2.24) is 5.32 Å². The van der Waals surface area contributed by atoms with E-state index in [1.54, 1.807) is 0 Å². The molecule has 94 valence electrons. The van der Waals surface area contributed by atoms with E-state index in [1.807, 2.05) is 32.0 Å². The summed E-state index contributed by atoms with van der Waals surface area (Å²) in [5.74, 6) is 0. The van der Waals surface area contributed by atoms with Gasteiger partial charge in [-0.2, -0.15) is 0 Å². The van der Waals surface area contributed by atoms with Crippen LogP contribution in [0, 0.1) is 10.5 Å². The van der Waals surface area contributed by atoms with Crippen molar-refractivity contribution in [3.8, 4) is 0 Å². The number of rotatable bonds is 5. The minimum Gasteiger partial charge on any atom is -0.380 e. The highest BCUT2D eigenvalue weighted by Crippen LogP contribution is 2.19. The van der Waals surface area contributed by atoms with Crippen molar-refractivity contribution in [2.24, 2.45) is 0 Å². The summed E-state index contributed by atoms with van der Waals surface area (Å²) in [6, 6.07) is 5.62. The summed E-state index contributed by atoms with van der Waals surface area (Å²) in [4.78, 5) is 11.6. The van der Waals surface area contributed by atoms with Gasteiger partial charge in [0, 0.05) is 22.4 Å². The molecular formula is C12H17IN2O2. The molecule has 0 saturated carbocycles. The van der Waals surface area contributed by atoms with Crippen molar-refractivity contribution in [3.63, 3.8) is 0 Å². The van der Waals surface area contributed by atoms with Crippen LogP contribution in [0.2, 0.25) is 0 Å². The molecular weight excluding hydrogens is 331 g/mol. The maximum atomic E-state index is 11.6. The third-order valence-electron chi connectivity index (χ3n) is 2.25. The molecule has 0 aromatic heterocycles. The van der Waals surface area contributed by atoms with Gasteiger partial charge in [-0.3, -0.25) is 0 Å². The molecule has 5 heteroatoms. The lowest BCUT2D eigenvalue weighted by Crippen LogP contribution is -2.31. The quantitative estimate of drug-likeness (QED) is 0.635. The molecule has 17 heavy (non-hydrogen) atoms. The van der Waals surface area contributed by atoms with Crippen molar-refractivity contribution >= 4 is 34.3 Å². The van der Waals surface area contributed by atoms with Crippen LogP contribution >= 0.6 is 22.6 Å². The minimum absolute atomic E-state index is 0.199. The highest BCUT2D eigenvalue weighted by molar-refractivity contribution is 14.1. The predicted octanol–water partition coefficient (Wildman–Crippen LogP) is 2.76. The van der Waals surface area contributed by atoms with Crippen molar-refractivity contribution in [3.05, 3.63) is 27.3 Å². The van der Waals surface area contributed by atoms with Gasteiger partial charge in [0.15, 0.2) is 0 Å². The number of hydrogen-bond donors (Lipinski definition) is 2. The molecule has 0 aliphatic carbocycles. The molecule has 0 spiro atoms. The van der Waals surface area contributed by atoms with Crippen LogP contribution in [0.25, 0.3) is 0 Å². The Bertz CT molecular complexity index is 383. The molecule has 1 aromatic rings. The lowest BCUT2D eigenvalue weighted by molar-refractivity contribution is 0.150. The monoisotopic (exact) mass is 348 g/mol. The third kappa shape index (κ3) is 4.91. The zero-order chi connectivity index (χ0) is 12.7. The Balaban J connectivity index is 2.43. The standard InChI is InChI=1S/C12H17IN2O2/c1-3-17-8-7-14-12(16)15-11-6-4-5-10(13)9(11)2/h4-6H,3,7-8H2,1-2H3,(H2,14,15,16). The molecule has 2 N–H and O–H groups in total. The summed E-state index contributed by atoms with van der Waals surface area (Å²) in [7, 11) is 0. The van der Waals surface area contributed by atoms with Crippen LogP contribution in [0.5, 0.6) is 0 Å². The molecule has 1 rings (SSSR count). The molecule has 0 heterocycles. The number of carbonyl (C=O) groups is 1. The van der Waals surface area contributed by atoms with Crippen molar-refractivity contribution in [2.75, 3.05) is 25.1 Å². The Morgan fingerprint density at radius 1 is 1.47 bits per heavy atom. The van der Waals surface area contributed by atoms with Crippen LogP contribution in [-0.2, 0) is 4.74 Å². The number of carbonyl (C=O) groups excluding carboxylic acids is 1. The van der Waals surface area contributed by atoms with Crippen LogP contribution in [0.15, 0.2) is 18.2 Å². The molecule has 0 radical (unpaired) electrons. The smallest absolute Gasteiger partial charge is 0.319 e. The lowest BCUT2D eigenvalue weighted by Gasteiger charge is -2.10. The molecule has 0 unspecified atom stereocenters. The lowest BCUT2D eigenvalue weighted by atomic mass is 10.2. The summed E-state index contributed by atoms with van der Waals surface area (Å²) in [6.07, 6.45) is 0. The Labute approximate surface area is 115 Å². The van der Waals surface area contributed by atoms with E-state index < -0.39 is 0 Å². The fourth-order valence-corrected chi connectivity index (χ4v) is 1.79. The van der Waals surface area contributed by atoms with E-state index in [0.717, 1.165) is 14.8 Å². The van der Waals surface area contributed by atoms with Gasteiger partial charge >= 0.3 is 6.03 Å². The van der Waals surface area contributed by atoms with Gasteiger partial charge in [0.2, 0.25) is 0 Å². The first-order valence-corrected chi connectivity index (χ1v) is 6.60. The van der Waals surface area contributed by atoms with Crippen LogP contribution in [0.4, 0.5) is 10.5 Å². The van der Waals surface area contributed by atoms with Gasteiger partial charge in [-0.1, -0.05) is 6.07 Å². The molecule has 4 nitrogen and oxygen atoms in total. The Kier molecular flexibility index (Phi) is 6.28. The number of amides is 2. The van der Waals surface area contributed by atoms with Crippen LogP contribution < -0.4 is 10.6 Å². The van der Waals surface area contributed by atoms with E-state index in [-0.39, 0.29) is 6.03 Å². The highest BCUT2D eigenvalue weighted by atomic mass is 127. The largest absolute Gasteiger partial charge is 0.380 e. The first-order chi connectivity index (χ1) is 8.15. The summed E-state index contributed by atoms with van der Waals surface area (Å²) in [5.41, 5.74) is 1.92. The molecule has 0 saturated heterocycles. The molecule has 2 amide bonds. The van der Waals surface area contributed by atoms with E-state index in [9.17, 15) is 4.79 Å². The Morgan fingerprint density at radius 2 is 2.24 bits per heavy atom. The van der Waals surface area contributed by atoms with Crippen LogP contribution in [0.1, 0.15) is 12.5 Å². The normalized spacial score (nSPS) is 10.1. The molecule has 1 aromatic carbocycles. The third-order valence-corrected chi connectivity index (χ3v) is 3.42. The van der Waals surface area contributed by atoms with E-state index >= 15 is 0 Å². The molecule has 0 fully saturated rings. The summed E-state index contributed by atoms with van der Waals surface area (Å²) < 4.78 is 6.27. The van der Waals surface area contributed by atoms with Crippen molar-refractivity contribution < 1.29 is 9.53 Å². The Hall–Kier alpha value is -0.820. The van der Waals surface area contributed by atoms with Crippen molar-refractivity contribution in [1.29, 1.82) is 0 Å². The van der Waals surface area contributed by atoms with E-state index in [4.69, 9.17) is 4.74 Å². The number of nitrogens with one attached hydrogen (secondary N) is 2. The van der Waals surface area contributed by atoms with Crippen LogP contribution in [0.3, 0.4) is 0 Å². The summed E-state index contributed by atoms with van der Waals surface area (Å²) >= 11 is 2.24. The van der Waals surface area contributed by atoms with Crippen LogP contribution in [-0.4, -0.2) is 25.8 Å². The Morgan fingerprint density at radius 3 is 2.94 bits per heavy atom. The van der Waals surface area contributed by atoms with Gasteiger partial charge in [0.25, 0.3) is 0 Å². The number of anilines is 1. The highest BCUT2D eigenvalue weighted by Gasteiger charge is 2.05. The van der Waals surface area contributed by atoms with E-state index in [0.29, 0.717) is 19.8 Å². The molecule has 0 aliphatic heterocycles. The maximum Gasteiger partial charge on any atom is 0.319 e. The van der Waals surface area contributed by atoms with Gasteiger partial charge in [-0.15, -0.1) is 0 Å².